The first-order valence-corrected chi connectivity index (χ1v) is 7.92. The molecular formula is C14H23IN2O. The predicted octanol–water partition coefficient (Wildman–Crippen LogP) is 3.78. The van der Waals surface area contributed by atoms with Gasteiger partial charge in [0.1, 0.15) is 0 Å². The van der Waals surface area contributed by atoms with Crippen molar-refractivity contribution in [2.24, 2.45) is 5.41 Å². The topological polar surface area (TPSA) is 27.1 Å². The van der Waals surface area contributed by atoms with Gasteiger partial charge in [-0.05, 0) is 54.2 Å². The van der Waals surface area contributed by atoms with E-state index in [0.717, 1.165) is 13.2 Å². The van der Waals surface area contributed by atoms with Crippen LogP contribution in [0.4, 0.5) is 0 Å². The Hall–Kier alpha value is -0.100. The van der Waals surface area contributed by atoms with Gasteiger partial charge in [-0.25, -0.2) is 0 Å². The fraction of sp³-hybridized carbons (Fsp3) is 0.786. The van der Waals surface area contributed by atoms with Crippen molar-refractivity contribution < 1.29 is 4.74 Å². The molecule has 1 saturated carbocycles. The van der Waals surface area contributed by atoms with E-state index in [0.29, 0.717) is 5.41 Å². The molecule has 0 N–H and O–H groups in total. The van der Waals surface area contributed by atoms with Crippen molar-refractivity contribution >= 4 is 22.6 Å². The fourth-order valence-corrected chi connectivity index (χ4v) is 3.41. The van der Waals surface area contributed by atoms with Crippen molar-refractivity contribution in [1.82, 2.24) is 9.78 Å². The molecule has 2 rings (SSSR count). The molecule has 1 heterocycles. The van der Waals surface area contributed by atoms with E-state index >= 15 is 0 Å². The first-order chi connectivity index (χ1) is 8.67. The number of methoxy groups -OCH3 is 1. The van der Waals surface area contributed by atoms with Gasteiger partial charge in [0.15, 0.2) is 0 Å². The lowest BCUT2D eigenvalue weighted by Crippen LogP contribution is -2.31. The molecule has 3 nitrogen and oxygen atoms in total. The van der Waals surface area contributed by atoms with Gasteiger partial charge in [0.05, 0.1) is 9.77 Å². The summed E-state index contributed by atoms with van der Waals surface area (Å²) in [4.78, 5) is 0. The van der Waals surface area contributed by atoms with Gasteiger partial charge in [-0.3, -0.25) is 4.68 Å². The van der Waals surface area contributed by atoms with Crippen LogP contribution in [0.3, 0.4) is 0 Å². The number of aromatic nitrogens is 2. The van der Waals surface area contributed by atoms with Crippen LogP contribution in [0.15, 0.2) is 6.20 Å². The number of ether oxygens (including phenoxy) is 1. The molecule has 0 spiro atoms. The van der Waals surface area contributed by atoms with Gasteiger partial charge in [-0.1, -0.05) is 19.3 Å². The van der Waals surface area contributed by atoms with E-state index in [1.165, 1.54) is 47.8 Å². The Labute approximate surface area is 123 Å². The van der Waals surface area contributed by atoms with E-state index < -0.39 is 0 Å². The summed E-state index contributed by atoms with van der Waals surface area (Å²) < 4.78 is 8.78. The van der Waals surface area contributed by atoms with Crippen LogP contribution in [0.2, 0.25) is 0 Å². The summed E-state index contributed by atoms with van der Waals surface area (Å²) in [7, 11) is 1.80. The standard InChI is InChI=1S/C14H23IN2O/c1-12-13(15)10-16-17(12)11-14(8-9-18-2)6-4-3-5-7-14/h10H,3-9,11H2,1-2H3. The second-order valence-electron chi connectivity index (χ2n) is 5.54. The van der Waals surface area contributed by atoms with Gasteiger partial charge >= 0.3 is 0 Å². The summed E-state index contributed by atoms with van der Waals surface area (Å²) in [6.45, 7) is 4.10. The van der Waals surface area contributed by atoms with Crippen LogP contribution in [0, 0.1) is 15.9 Å². The van der Waals surface area contributed by atoms with Crippen molar-refractivity contribution in [2.45, 2.75) is 52.0 Å². The van der Waals surface area contributed by atoms with Crippen LogP contribution in [0.1, 0.15) is 44.2 Å². The van der Waals surface area contributed by atoms with Crippen LogP contribution in [-0.4, -0.2) is 23.5 Å². The largest absolute Gasteiger partial charge is 0.385 e. The minimum absolute atomic E-state index is 0.411. The summed E-state index contributed by atoms with van der Waals surface area (Å²) in [5.41, 5.74) is 1.71. The number of halogens is 1. The third kappa shape index (κ3) is 3.26. The molecule has 102 valence electrons. The maximum atomic E-state index is 5.31. The van der Waals surface area contributed by atoms with Crippen LogP contribution in [0.25, 0.3) is 0 Å². The number of rotatable bonds is 5. The minimum atomic E-state index is 0.411. The molecule has 18 heavy (non-hydrogen) atoms. The zero-order valence-corrected chi connectivity index (χ0v) is 13.6. The third-order valence-electron chi connectivity index (χ3n) is 4.28. The normalized spacial score (nSPS) is 19.1. The fourth-order valence-electron chi connectivity index (χ4n) is 3.01. The first kappa shape index (κ1) is 14.3. The van der Waals surface area contributed by atoms with Crippen molar-refractivity contribution in [3.63, 3.8) is 0 Å². The molecule has 0 aromatic carbocycles. The van der Waals surface area contributed by atoms with Crippen molar-refractivity contribution in [3.05, 3.63) is 15.5 Å². The summed E-state index contributed by atoms with van der Waals surface area (Å²) in [6.07, 6.45) is 9.91. The quantitative estimate of drug-likeness (QED) is 0.746. The summed E-state index contributed by atoms with van der Waals surface area (Å²) >= 11 is 2.36. The highest BCUT2D eigenvalue weighted by molar-refractivity contribution is 14.1. The SMILES string of the molecule is COCCC1(Cn2ncc(I)c2C)CCCCC1. The molecule has 1 fully saturated rings. The van der Waals surface area contributed by atoms with Gasteiger partial charge in [0.2, 0.25) is 0 Å². The lowest BCUT2D eigenvalue weighted by molar-refractivity contribution is 0.0829. The number of hydrogen-bond donors (Lipinski definition) is 0. The Bertz CT molecular complexity index is 383. The van der Waals surface area contributed by atoms with Crippen LogP contribution >= 0.6 is 22.6 Å². The second-order valence-corrected chi connectivity index (χ2v) is 6.70. The second kappa shape index (κ2) is 6.37. The third-order valence-corrected chi connectivity index (χ3v) is 5.34. The molecule has 0 aliphatic heterocycles. The highest BCUT2D eigenvalue weighted by atomic mass is 127. The van der Waals surface area contributed by atoms with E-state index in [1.54, 1.807) is 7.11 Å². The van der Waals surface area contributed by atoms with E-state index in [2.05, 4.69) is 39.3 Å². The van der Waals surface area contributed by atoms with E-state index in [9.17, 15) is 0 Å². The molecule has 0 saturated heterocycles. The van der Waals surface area contributed by atoms with Gasteiger partial charge in [0, 0.05) is 26.0 Å². The highest BCUT2D eigenvalue weighted by Gasteiger charge is 2.32. The maximum Gasteiger partial charge on any atom is 0.0626 e. The molecule has 1 aromatic heterocycles. The van der Waals surface area contributed by atoms with Gasteiger partial charge in [-0.15, -0.1) is 0 Å². The zero-order valence-electron chi connectivity index (χ0n) is 11.4. The number of hydrogen-bond acceptors (Lipinski definition) is 2. The van der Waals surface area contributed by atoms with Gasteiger partial charge in [-0.2, -0.15) is 5.10 Å². The smallest absolute Gasteiger partial charge is 0.0626 e. The highest BCUT2D eigenvalue weighted by Crippen LogP contribution is 2.41. The average Bonchev–Trinajstić information content (AvgIpc) is 2.70. The van der Waals surface area contributed by atoms with E-state index in [4.69, 9.17) is 4.74 Å². The first-order valence-electron chi connectivity index (χ1n) is 6.84. The molecule has 1 aliphatic rings. The Morgan fingerprint density at radius 3 is 2.67 bits per heavy atom. The molecule has 0 unspecified atom stereocenters. The summed E-state index contributed by atoms with van der Waals surface area (Å²) in [5.74, 6) is 0. The van der Waals surface area contributed by atoms with Crippen LogP contribution < -0.4 is 0 Å². The Morgan fingerprint density at radius 1 is 1.39 bits per heavy atom. The predicted molar refractivity (Wildman–Crippen MR) is 81.7 cm³/mol. The van der Waals surface area contributed by atoms with Crippen molar-refractivity contribution in [1.29, 1.82) is 0 Å². The van der Waals surface area contributed by atoms with Gasteiger partial charge < -0.3 is 4.74 Å². The number of nitrogens with zero attached hydrogens (tertiary/aromatic N) is 2. The van der Waals surface area contributed by atoms with Crippen molar-refractivity contribution in [3.8, 4) is 0 Å². The van der Waals surface area contributed by atoms with E-state index in [1.807, 2.05) is 6.20 Å². The average molecular weight is 362 g/mol. The zero-order chi connectivity index (χ0) is 13.0. The summed E-state index contributed by atoms with van der Waals surface area (Å²) in [6, 6.07) is 0. The molecule has 0 amide bonds. The van der Waals surface area contributed by atoms with E-state index in [-0.39, 0.29) is 0 Å². The molecule has 1 aliphatic carbocycles. The maximum absolute atomic E-state index is 5.31. The lowest BCUT2D eigenvalue weighted by Gasteiger charge is -2.37. The minimum Gasteiger partial charge on any atom is -0.385 e. The monoisotopic (exact) mass is 362 g/mol. The molecular weight excluding hydrogens is 339 g/mol. The summed E-state index contributed by atoms with van der Waals surface area (Å²) in [5, 5.41) is 4.53. The molecule has 0 atom stereocenters. The molecule has 1 aromatic rings. The Morgan fingerprint density at radius 2 is 2.11 bits per heavy atom. The Kier molecular flexibility index (Phi) is 5.06. The molecule has 4 heteroatoms. The lowest BCUT2D eigenvalue weighted by atomic mass is 9.72. The van der Waals surface area contributed by atoms with Crippen molar-refractivity contribution in [2.75, 3.05) is 13.7 Å². The Balaban J connectivity index is 2.11. The molecule has 0 radical (unpaired) electrons. The van der Waals surface area contributed by atoms with Gasteiger partial charge in [0.25, 0.3) is 0 Å². The van der Waals surface area contributed by atoms with Crippen LogP contribution in [-0.2, 0) is 11.3 Å². The van der Waals surface area contributed by atoms with Crippen LogP contribution in [0.5, 0.6) is 0 Å². The molecule has 0 bridgehead atoms.